The molecule has 2 heteroatoms. The molecular weight excluding hydrogens is 259 g/mol. The summed E-state index contributed by atoms with van der Waals surface area (Å²) in [6, 6.07) is 0. The first-order valence-corrected chi connectivity index (χ1v) is 8.23. The molecule has 0 aliphatic rings. The lowest BCUT2D eigenvalue weighted by atomic mass is 10.1. The van der Waals surface area contributed by atoms with E-state index in [1.165, 1.54) is 31.8 Å². The molecule has 0 rings (SSSR count). The van der Waals surface area contributed by atoms with Crippen molar-refractivity contribution in [2.75, 3.05) is 5.88 Å². The summed E-state index contributed by atoms with van der Waals surface area (Å²) in [6.45, 7) is 2.13. The van der Waals surface area contributed by atoms with Crippen LogP contribution in [0.25, 0.3) is 0 Å². The summed E-state index contributed by atoms with van der Waals surface area (Å²) in [5.74, 6) is 6.48. The standard InChI is InChI=1S/C17H28ClF/c1-2-3-4-8-11-14-17(19)15-12-9-6-5-7-10-13-16-18/h14H,2-7,9-10,12-13,15-16H2,1H3/b17-14-. The average Bonchev–Trinajstić information content (AvgIpc) is 2.41. The van der Waals surface area contributed by atoms with Crippen LogP contribution < -0.4 is 0 Å². The molecular formula is C17H28ClF. The number of unbranched alkanes of at least 4 members (excludes halogenated alkanes) is 8. The highest BCUT2D eigenvalue weighted by Gasteiger charge is 1.95. The number of alkyl halides is 1. The fourth-order valence-electron chi connectivity index (χ4n) is 1.81. The van der Waals surface area contributed by atoms with Crippen molar-refractivity contribution in [3.63, 3.8) is 0 Å². The molecule has 0 radical (unpaired) electrons. The summed E-state index contributed by atoms with van der Waals surface area (Å²) < 4.78 is 13.3. The maximum atomic E-state index is 13.3. The van der Waals surface area contributed by atoms with Crippen LogP contribution in [0.4, 0.5) is 4.39 Å². The number of hydrogen-bond donors (Lipinski definition) is 0. The van der Waals surface area contributed by atoms with E-state index < -0.39 is 0 Å². The monoisotopic (exact) mass is 286 g/mol. The number of rotatable bonds is 11. The van der Waals surface area contributed by atoms with Gasteiger partial charge in [0.2, 0.25) is 0 Å². The Balaban J connectivity index is 3.38. The van der Waals surface area contributed by atoms with E-state index in [1.807, 2.05) is 0 Å². The van der Waals surface area contributed by atoms with Crippen molar-refractivity contribution >= 4 is 11.6 Å². The lowest BCUT2D eigenvalue weighted by Crippen LogP contribution is -1.82. The summed E-state index contributed by atoms with van der Waals surface area (Å²) in [7, 11) is 0. The van der Waals surface area contributed by atoms with Gasteiger partial charge in [0.25, 0.3) is 0 Å². The summed E-state index contributed by atoms with van der Waals surface area (Å²) >= 11 is 5.61. The van der Waals surface area contributed by atoms with E-state index in [-0.39, 0.29) is 5.83 Å². The predicted octanol–water partition coefficient (Wildman–Crippen LogP) is 6.39. The molecule has 0 fully saturated rings. The third kappa shape index (κ3) is 15.5. The minimum Gasteiger partial charge on any atom is -0.211 e. The Morgan fingerprint density at radius 2 is 1.63 bits per heavy atom. The van der Waals surface area contributed by atoms with E-state index in [0.717, 1.165) is 44.4 Å². The van der Waals surface area contributed by atoms with Gasteiger partial charge in [0.15, 0.2) is 0 Å². The van der Waals surface area contributed by atoms with Gasteiger partial charge in [-0.1, -0.05) is 57.3 Å². The SMILES string of the molecule is CCCCC#C/C=C(\F)CCCCCCCCCCl. The van der Waals surface area contributed by atoms with Gasteiger partial charge in [-0.15, -0.1) is 11.6 Å². The van der Waals surface area contributed by atoms with Crippen LogP contribution in [0.15, 0.2) is 11.9 Å². The van der Waals surface area contributed by atoms with E-state index in [0.29, 0.717) is 6.42 Å². The van der Waals surface area contributed by atoms with Gasteiger partial charge in [0, 0.05) is 18.4 Å². The number of allylic oxidation sites excluding steroid dienone is 2. The molecule has 110 valence electrons. The summed E-state index contributed by atoms with van der Waals surface area (Å²) in [6.07, 6.45) is 13.2. The van der Waals surface area contributed by atoms with E-state index in [2.05, 4.69) is 18.8 Å². The second kappa shape index (κ2) is 15.6. The molecule has 0 aliphatic carbocycles. The van der Waals surface area contributed by atoms with Gasteiger partial charge in [-0.05, 0) is 25.7 Å². The van der Waals surface area contributed by atoms with Crippen LogP contribution in [0, 0.1) is 11.8 Å². The summed E-state index contributed by atoms with van der Waals surface area (Å²) in [4.78, 5) is 0. The molecule has 0 saturated heterocycles. The highest BCUT2D eigenvalue weighted by Crippen LogP contribution is 2.13. The van der Waals surface area contributed by atoms with Gasteiger partial charge in [-0.25, -0.2) is 4.39 Å². The molecule has 0 aliphatic heterocycles. The van der Waals surface area contributed by atoms with Gasteiger partial charge >= 0.3 is 0 Å². The Morgan fingerprint density at radius 1 is 1.00 bits per heavy atom. The fourth-order valence-corrected chi connectivity index (χ4v) is 2.00. The third-order valence-corrected chi connectivity index (χ3v) is 3.30. The molecule has 0 amide bonds. The Labute approximate surface area is 123 Å². The summed E-state index contributed by atoms with van der Waals surface area (Å²) in [5.41, 5.74) is 0. The van der Waals surface area contributed by atoms with Crippen molar-refractivity contribution in [1.29, 1.82) is 0 Å². The molecule has 0 heterocycles. The minimum absolute atomic E-state index is 0.0638. The van der Waals surface area contributed by atoms with E-state index in [9.17, 15) is 4.39 Å². The second-order valence-corrected chi connectivity index (χ2v) is 5.31. The second-order valence-electron chi connectivity index (χ2n) is 4.93. The maximum absolute atomic E-state index is 13.3. The maximum Gasteiger partial charge on any atom is 0.108 e. The zero-order valence-electron chi connectivity index (χ0n) is 12.3. The van der Waals surface area contributed by atoms with Crippen molar-refractivity contribution < 1.29 is 4.39 Å². The third-order valence-electron chi connectivity index (χ3n) is 3.04. The molecule has 0 aromatic rings. The van der Waals surface area contributed by atoms with Gasteiger partial charge in [0.1, 0.15) is 5.83 Å². The molecule has 0 spiro atoms. The van der Waals surface area contributed by atoms with Crippen LogP contribution in [-0.4, -0.2) is 5.88 Å². The molecule has 0 aromatic carbocycles. The molecule has 0 atom stereocenters. The Bertz CT molecular complexity index is 273. The predicted molar refractivity (Wildman–Crippen MR) is 84.1 cm³/mol. The van der Waals surface area contributed by atoms with Gasteiger partial charge in [-0.2, -0.15) is 0 Å². The van der Waals surface area contributed by atoms with Crippen molar-refractivity contribution in [3.8, 4) is 11.8 Å². The van der Waals surface area contributed by atoms with Crippen LogP contribution in [0.2, 0.25) is 0 Å². The first-order valence-electron chi connectivity index (χ1n) is 7.70. The van der Waals surface area contributed by atoms with Crippen molar-refractivity contribution in [1.82, 2.24) is 0 Å². The van der Waals surface area contributed by atoms with Crippen molar-refractivity contribution in [2.24, 2.45) is 0 Å². The molecule has 0 unspecified atom stereocenters. The lowest BCUT2D eigenvalue weighted by Gasteiger charge is -2.00. The largest absolute Gasteiger partial charge is 0.211 e. The quantitative estimate of drug-likeness (QED) is 0.234. The zero-order chi connectivity index (χ0) is 14.2. The molecule has 0 bridgehead atoms. The van der Waals surface area contributed by atoms with Crippen LogP contribution >= 0.6 is 11.6 Å². The van der Waals surface area contributed by atoms with Crippen LogP contribution in [0.1, 0.15) is 77.6 Å². The number of hydrogen-bond acceptors (Lipinski definition) is 0. The van der Waals surface area contributed by atoms with Gasteiger partial charge in [0.05, 0.1) is 0 Å². The first-order chi connectivity index (χ1) is 9.31. The minimum atomic E-state index is -0.0638. The molecule has 0 nitrogen and oxygen atoms in total. The number of halogens is 2. The average molecular weight is 287 g/mol. The van der Waals surface area contributed by atoms with Gasteiger partial charge in [-0.3, -0.25) is 0 Å². The highest BCUT2D eigenvalue weighted by atomic mass is 35.5. The Morgan fingerprint density at radius 3 is 2.26 bits per heavy atom. The van der Waals surface area contributed by atoms with Crippen LogP contribution in [0.3, 0.4) is 0 Å². The molecule has 19 heavy (non-hydrogen) atoms. The Kier molecular flexibility index (Phi) is 15.2. The Hall–Kier alpha value is -0.480. The van der Waals surface area contributed by atoms with E-state index in [1.54, 1.807) is 0 Å². The van der Waals surface area contributed by atoms with Crippen molar-refractivity contribution in [2.45, 2.75) is 77.6 Å². The molecule has 0 N–H and O–H groups in total. The zero-order valence-corrected chi connectivity index (χ0v) is 13.1. The fraction of sp³-hybridized carbons (Fsp3) is 0.765. The van der Waals surface area contributed by atoms with Crippen LogP contribution in [-0.2, 0) is 0 Å². The van der Waals surface area contributed by atoms with Gasteiger partial charge < -0.3 is 0 Å². The molecule has 0 saturated carbocycles. The highest BCUT2D eigenvalue weighted by molar-refractivity contribution is 6.17. The topological polar surface area (TPSA) is 0 Å². The molecule has 0 aromatic heterocycles. The van der Waals surface area contributed by atoms with Crippen molar-refractivity contribution in [3.05, 3.63) is 11.9 Å². The lowest BCUT2D eigenvalue weighted by molar-refractivity contribution is 0.538. The first kappa shape index (κ1) is 18.5. The van der Waals surface area contributed by atoms with E-state index >= 15 is 0 Å². The van der Waals surface area contributed by atoms with E-state index in [4.69, 9.17) is 11.6 Å². The normalized spacial score (nSPS) is 11.2. The smallest absolute Gasteiger partial charge is 0.108 e. The van der Waals surface area contributed by atoms with Crippen LogP contribution in [0.5, 0.6) is 0 Å². The summed E-state index contributed by atoms with van der Waals surface area (Å²) in [5, 5.41) is 0.